The van der Waals surface area contributed by atoms with Crippen molar-refractivity contribution in [1.82, 2.24) is 4.57 Å². The van der Waals surface area contributed by atoms with Crippen LogP contribution < -0.4 is 5.32 Å². The van der Waals surface area contributed by atoms with Crippen LogP contribution in [-0.4, -0.2) is 36.6 Å². The Kier molecular flexibility index (Phi) is 6.31. The molecule has 2 heterocycles. The third-order valence-corrected chi connectivity index (χ3v) is 6.68. The van der Waals surface area contributed by atoms with Crippen molar-refractivity contribution in [1.29, 1.82) is 0 Å². The molecule has 0 fully saturated rings. The highest BCUT2D eigenvalue weighted by Crippen LogP contribution is 2.47. The van der Waals surface area contributed by atoms with Gasteiger partial charge in [-0.25, -0.2) is 9.59 Å². The first-order chi connectivity index (χ1) is 17.8. The summed E-state index contributed by atoms with van der Waals surface area (Å²) in [4.78, 5) is 40.2. The van der Waals surface area contributed by atoms with E-state index in [-0.39, 0.29) is 17.2 Å². The Bertz CT molecular complexity index is 1540. The molecule has 3 aromatic carbocycles. The number of nitrogens with one attached hydrogen (secondary N) is 1. The number of anilines is 1. The zero-order valence-corrected chi connectivity index (χ0v) is 21.1. The predicted molar refractivity (Wildman–Crippen MR) is 141 cm³/mol. The average Bonchev–Trinajstić information content (AvgIpc) is 3.42. The summed E-state index contributed by atoms with van der Waals surface area (Å²) in [6, 6.07) is 21.9. The van der Waals surface area contributed by atoms with Crippen LogP contribution in [0.4, 0.5) is 5.69 Å². The van der Waals surface area contributed by atoms with Crippen LogP contribution in [0.2, 0.25) is 5.02 Å². The number of hydrogen-bond donors (Lipinski definition) is 1. The molecule has 186 valence electrons. The Morgan fingerprint density at radius 2 is 1.59 bits per heavy atom. The smallest absolute Gasteiger partial charge is 0.355 e. The number of halogens is 1. The largest absolute Gasteiger partial charge is 0.465 e. The lowest BCUT2D eigenvalue weighted by Gasteiger charge is -2.16. The summed E-state index contributed by atoms with van der Waals surface area (Å²) >= 11 is 6.32. The van der Waals surface area contributed by atoms with Gasteiger partial charge in [0.2, 0.25) is 5.91 Å². The first-order valence-electron chi connectivity index (χ1n) is 11.5. The standard InChI is InChI=1S/C29H23ClN2O5/c1-16-9-12-19(13-10-16)32-25(17-7-5-4-6-8-17)23(24(28(34)36-2)26(32)29(35)37-3)22-20-15-18(30)11-14-21(20)31-27(22)33/h4-15,22H,1-3H3,(H,31,33). The van der Waals surface area contributed by atoms with E-state index in [1.165, 1.54) is 14.2 Å². The van der Waals surface area contributed by atoms with E-state index in [1.54, 1.807) is 22.8 Å². The highest BCUT2D eigenvalue weighted by molar-refractivity contribution is 6.31. The lowest BCUT2D eigenvalue weighted by molar-refractivity contribution is -0.116. The molecule has 0 saturated carbocycles. The highest BCUT2D eigenvalue weighted by Gasteiger charge is 2.43. The van der Waals surface area contributed by atoms with Crippen LogP contribution >= 0.6 is 11.6 Å². The molecule has 1 aliphatic heterocycles. The zero-order valence-electron chi connectivity index (χ0n) is 20.4. The van der Waals surface area contributed by atoms with Gasteiger partial charge in [-0.05, 0) is 48.4 Å². The third kappa shape index (κ3) is 4.07. The fourth-order valence-electron chi connectivity index (χ4n) is 4.82. The molecule has 1 N–H and O–H groups in total. The Labute approximate surface area is 218 Å². The molecule has 7 nitrogen and oxygen atoms in total. The summed E-state index contributed by atoms with van der Waals surface area (Å²) in [5.41, 5.74) is 4.26. The maximum atomic E-state index is 13.5. The minimum absolute atomic E-state index is 0.0321. The number of amides is 1. The quantitative estimate of drug-likeness (QED) is 0.342. The summed E-state index contributed by atoms with van der Waals surface area (Å²) in [5, 5.41) is 3.32. The summed E-state index contributed by atoms with van der Waals surface area (Å²) in [6.07, 6.45) is 0. The predicted octanol–water partition coefficient (Wildman–Crippen LogP) is 5.76. The van der Waals surface area contributed by atoms with Crippen molar-refractivity contribution in [3.8, 4) is 16.9 Å². The molecule has 37 heavy (non-hydrogen) atoms. The second-order valence-electron chi connectivity index (χ2n) is 8.66. The topological polar surface area (TPSA) is 86.6 Å². The van der Waals surface area contributed by atoms with Crippen LogP contribution in [0.5, 0.6) is 0 Å². The molecule has 1 unspecified atom stereocenters. The summed E-state index contributed by atoms with van der Waals surface area (Å²) in [5.74, 6) is -2.79. The molecule has 8 heteroatoms. The van der Waals surface area contributed by atoms with Crippen molar-refractivity contribution in [3.63, 3.8) is 0 Å². The van der Waals surface area contributed by atoms with E-state index in [9.17, 15) is 14.4 Å². The van der Waals surface area contributed by atoms with Gasteiger partial charge >= 0.3 is 11.9 Å². The number of carbonyl (C=O) groups is 3. The first-order valence-corrected chi connectivity index (χ1v) is 11.9. The Hall–Kier alpha value is -4.36. The average molecular weight is 515 g/mol. The number of benzene rings is 3. The van der Waals surface area contributed by atoms with Crippen molar-refractivity contribution in [2.24, 2.45) is 0 Å². The fourth-order valence-corrected chi connectivity index (χ4v) is 5.00. The van der Waals surface area contributed by atoms with Gasteiger partial charge < -0.3 is 19.4 Å². The van der Waals surface area contributed by atoms with Gasteiger partial charge in [0.25, 0.3) is 0 Å². The molecular formula is C29H23ClN2O5. The maximum absolute atomic E-state index is 13.5. The highest BCUT2D eigenvalue weighted by atomic mass is 35.5. The maximum Gasteiger partial charge on any atom is 0.355 e. The molecule has 4 aromatic rings. The van der Waals surface area contributed by atoms with Crippen LogP contribution in [0.25, 0.3) is 16.9 Å². The number of ether oxygens (including phenoxy) is 2. The number of fused-ring (bicyclic) bond motifs is 1. The Morgan fingerprint density at radius 3 is 2.24 bits per heavy atom. The summed E-state index contributed by atoms with van der Waals surface area (Å²) in [7, 11) is 2.48. The van der Waals surface area contributed by atoms with Crippen molar-refractivity contribution in [2.75, 3.05) is 19.5 Å². The second-order valence-corrected chi connectivity index (χ2v) is 9.10. The number of esters is 2. The minimum atomic E-state index is -0.937. The van der Waals surface area contributed by atoms with E-state index in [0.29, 0.717) is 38.8 Å². The lowest BCUT2D eigenvalue weighted by Crippen LogP contribution is -2.18. The molecule has 5 rings (SSSR count). The van der Waals surface area contributed by atoms with Gasteiger partial charge in [0, 0.05) is 22.0 Å². The molecule has 0 aliphatic carbocycles. The van der Waals surface area contributed by atoms with E-state index < -0.39 is 17.9 Å². The number of rotatable bonds is 5. The van der Waals surface area contributed by atoms with E-state index in [0.717, 1.165) is 5.56 Å². The Morgan fingerprint density at radius 1 is 0.919 bits per heavy atom. The van der Waals surface area contributed by atoms with Crippen LogP contribution in [0, 0.1) is 6.92 Å². The number of nitrogens with zero attached hydrogens (tertiary/aromatic N) is 1. The number of aromatic nitrogens is 1. The third-order valence-electron chi connectivity index (χ3n) is 6.45. The monoisotopic (exact) mass is 514 g/mol. The molecule has 1 aromatic heterocycles. The van der Waals surface area contributed by atoms with Crippen molar-refractivity contribution >= 4 is 35.1 Å². The number of carbonyl (C=O) groups excluding carboxylic acids is 3. The van der Waals surface area contributed by atoms with Gasteiger partial charge in [-0.3, -0.25) is 4.79 Å². The van der Waals surface area contributed by atoms with Crippen LogP contribution in [0.1, 0.15) is 43.5 Å². The van der Waals surface area contributed by atoms with Gasteiger partial charge in [-0.1, -0.05) is 59.6 Å². The van der Waals surface area contributed by atoms with Gasteiger partial charge in [-0.2, -0.15) is 0 Å². The van der Waals surface area contributed by atoms with E-state index >= 15 is 0 Å². The zero-order chi connectivity index (χ0) is 26.3. The molecular weight excluding hydrogens is 492 g/mol. The van der Waals surface area contributed by atoms with Gasteiger partial charge in [-0.15, -0.1) is 0 Å². The van der Waals surface area contributed by atoms with Gasteiger partial charge in [0.1, 0.15) is 5.69 Å². The van der Waals surface area contributed by atoms with E-state index in [4.69, 9.17) is 21.1 Å². The van der Waals surface area contributed by atoms with Gasteiger partial charge in [0.15, 0.2) is 0 Å². The summed E-state index contributed by atoms with van der Waals surface area (Å²) < 4.78 is 12.0. The minimum Gasteiger partial charge on any atom is -0.465 e. The second kappa shape index (κ2) is 9.59. The lowest BCUT2D eigenvalue weighted by atomic mass is 9.87. The molecule has 1 atom stereocenters. The van der Waals surface area contributed by atoms with E-state index in [1.807, 2.05) is 61.5 Å². The fraction of sp³-hybridized carbons (Fsp3) is 0.138. The van der Waals surface area contributed by atoms with Crippen molar-refractivity contribution in [3.05, 3.63) is 106 Å². The summed E-state index contributed by atoms with van der Waals surface area (Å²) in [6.45, 7) is 1.95. The van der Waals surface area contributed by atoms with Gasteiger partial charge in [0.05, 0.1) is 31.4 Å². The SMILES string of the molecule is COC(=O)c1c(C2C(=O)Nc3ccc(Cl)cc32)c(-c2ccccc2)n(-c2ccc(C)cc2)c1C(=O)OC. The normalized spacial score (nSPS) is 14.2. The molecule has 0 radical (unpaired) electrons. The molecule has 0 spiro atoms. The number of aryl methyl sites for hydroxylation is 1. The first kappa shape index (κ1) is 24.3. The number of methoxy groups -OCH3 is 2. The van der Waals surface area contributed by atoms with Crippen LogP contribution in [0.15, 0.2) is 72.8 Å². The molecule has 1 amide bonds. The van der Waals surface area contributed by atoms with Crippen LogP contribution in [0.3, 0.4) is 0 Å². The molecule has 1 aliphatic rings. The Balaban J connectivity index is 1.98. The van der Waals surface area contributed by atoms with Crippen LogP contribution in [-0.2, 0) is 14.3 Å². The molecule has 0 saturated heterocycles. The number of hydrogen-bond acceptors (Lipinski definition) is 5. The van der Waals surface area contributed by atoms with Crippen molar-refractivity contribution in [2.45, 2.75) is 12.8 Å². The van der Waals surface area contributed by atoms with E-state index in [2.05, 4.69) is 5.32 Å². The molecule has 0 bridgehead atoms. The van der Waals surface area contributed by atoms with Crippen molar-refractivity contribution < 1.29 is 23.9 Å².